The molecular weight excluding hydrogens is 284 g/mol. The van der Waals surface area contributed by atoms with Crippen LogP contribution in [0.2, 0.25) is 0 Å². The third kappa shape index (κ3) is 3.76. The zero-order chi connectivity index (χ0) is 12.1. The van der Waals surface area contributed by atoms with E-state index in [4.69, 9.17) is 18.0 Å². The molecule has 0 heterocycles. The third-order valence-electron chi connectivity index (χ3n) is 2.38. The first-order valence-electron chi connectivity index (χ1n) is 5.40. The Morgan fingerprint density at radius 1 is 1.56 bits per heavy atom. The van der Waals surface area contributed by atoms with E-state index in [9.17, 15) is 0 Å². The van der Waals surface area contributed by atoms with Gasteiger partial charge in [0, 0.05) is 21.8 Å². The highest BCUT2D eigenvalue weighted by molar-refractivity contribution is 9.10. The molecule has 0 radical (unpaired) electrons. The van der Waals surface area contributed by atoms with E-state index < -0.39 is 0 Å². The number of nitrogens with two attached hydrogens (primary N) is 1. The fourth-order valence-corrected chi connectivity index (χ4v) is 2.18. The van der Waals surface area contributed by atoms with Crippen molar-refractivity contribution in [2.45, 2.75) is 32.7 Å². The van der Waals surface area contributed by atoms with Gasteiger partial charge < -0.3 is 11.1 Å². The summed E-state index contributed by atoms with van der Waals surface area (Å²) < 4.78 is 1.00. The zero-order valence-corrected chi connectivity index (χ0v) is 12.0. The average Bonchev–Trinajstić information content (AvgIpc) is 2.21. The molecule has 0 aliphatic rings. The zero-order valence-electron chi connectivity index (χ0n) is 9.59. The lowest BCUT2D eigenvalue weighted by Crippen LogP contribution is -2.15. The minimum atomic E-state index is 0.425. The van der Waals surface area contributed by atoms with Crippen LogP contribution in [0.1, 0.15) is 32.3 Å². The molecule has 0 aromatic heterocycles. The first-order chi connectivity index (χ1) is 7.54. The monoisotopic (exact) mass is 300 g/mol. The van der Waals surface area contributed by atoms with Crippen molar-refractivity contribution in [3.05, 3.63) is 28.2 Å². The molecule has 3 N–H and O–H groups in total. The normalized spacial score (nSPS) is 12.2. The number of rotatable bonds is 5. The highest BCUT2D eigenvalue weighted by Crippen LogP contribution is 2.24. The van der Waals surface area contributed by atoms with Gasteiger partial charge in [0.1, 0.15) is 4.99 Å². The van der Waals surface area contributed by atoms with Crippen molar-refractivity contribution in [3.63, 3.8) is 0 Å². The number of anilines is 1. The van der Waals surface area contributed by atoms with Crippen LogP contribution in [0.15, 0.2) is 22.7 Å². The van der Waals surface area contributed by atoms with Gasteiger partial charge in [-0.25, -0.2) is 0 Å². The van der Waals surface area contributed by atoms with Crippen LogP contribution in [0, 0.1) is 0 Å². The van der Waals surface area contributed by atoms with Gasteiger partial charge >= 0.3 is 0 Å². The van der Waals surface area contributed by atoms with Gasteiger partial charge in [-0.2, -0.15) is 0 Å². The summed E-state index contributed by atoms with van der Waals surface area (Å²) in [5.74, 6) is 0. The van der Waals surface area contributed by atoms with Crippen molar-refractivity contribution in [2.75, 3.05) is 5.32 Å². The van der Waals surface area contributed by atoms with Gasteiger partial charge in [0.15, 0.2) is 0 Å². The van der Waals surface area contributed by atoms with E-state index in [0.29, 0.717) is 11.0 Å². The molecule has 0 saturated carbocycles. The second kappa shape index (κ2) is 6.21. The summed E-state index contributed by atoms with van der Waals surface area (Å²) in [6.45, 7) is 4.36. The standard InChI is InChI=1S/C12H17BrN2S/c1-3-4-8(2)15-11-6-5-9(12(14)16)7-10(11)13/h5-8,15H,3-4H2,1-2H3,(H2,14,16). The Hall–Kier alpha value is -0.610. The topological polar surface area (TPSA) is 38.0 Å². The Labute approximate surface area is 111 Å². The predicted octanol–water partition coefficient (Wildman–Crippen LogP) is 3.68. The van der Waals surface area contributed by atoms with Gasteiger partial charge in [0.05, 0.1) is 0 Å². The molecule has 0 fully saturated rings. The molecule has 0 aliphatic carbocycles. The summed E-state index contributed by atoms with van der Waals surface area (Å²) in [4.78, 5) is 0.425. The molecule has 0 saturated heterocycles. The first kappa shape index (κ1) is 13.5. The second-order valence-corrected chi connectivity index (χ2v) is 5.19. The Morgan fingerprint density at radius 3 is 2.75 bits per heavy atom. The van der Waals surface area contributed by atoms with E-state index in [1.807, 2.05) is 18.2 Å². The van der Waals surface area contributed by atoms with Crippen LogP contribution in [-0.4, -0.2) is 11.0 Å². The maximum absolute atomic E-state index is 5.57. The summed E-state index contributed by atoms with van der Waals surface area (Å²) in [7, 11) is 0. The van der Waals surface area contributed by atoms with Crippen LogP contribution in [0.4, 0.5) is 5.69 Å². The lowest BCUT2D eigenvalue weighted by Gasteiger charge is -2.16. The molecule has 88 valence electrons. The number of hydrogen-bond donors (Lipinski definition) is 2. The van der Waals surface area contributed by atoms with Crippen molar-refractivity contribution in [1.29, 1.82) is 0 Å². The molecule has 0 aliphatic heterocycles. The summed E-state index contributed by atoms with van der Waals surface area (Å²) in [5.41, 5.74) is 7.54. The molecule has 2 nitrogen and oxygen atoms in total. The molecule has 0 amide bonds. The van der Waals surface area contributed by atoms with Gasteiger partial charge in [-0.3, -0.25) is 0 Å². The lowest BCUT2D eigenvalue weighted by atomic mass is 10.1. The van der Waals surface area contributed by atoms with E-state index >= 15 is 0 Å². The van der Waals surface area contributed by atoms with Crippen LogP contribution in [-0.2, 0) is 0 Å². The van der Waals surface area contributed by atoms with E-state index in [2.05, 4.69) is 35.1 Å². The van der Waals surface area contributed by atoms with Crippen molar-refractivity contribution in [2.24, 2.45) is 5.73 Å². The fraction of sp³-hybridized carbons (Fsp3) is 0.417. The van der Waals surface area contributed by atoms with Crippen LogP contribution >= 0.6 is 28.1 Å². The number of benzene rings is 1. The highest BCUT2D eigenvalue weighted by Gasteiger charge is 2.06. The predicted molar refractivity (Wildman–Crippen MR) is 78.0 cm³/mol. The van der Waals surface area contributed by atoms with E-state index in [-0.39, 0.29) is 0 Å². The number of halogens is 1. The van der Waals surface area contributed by atoms with Crippen molar-refractivity contribution < 1.29 is 0 Å². The summed E-state index contributed by atoms with van der Waals surface area (Å²) in [5, 5.41) is 3.45. The maximum atomic E-state index is 5.57. The SMILES string of the molecule is CCCC(C)Nc1ccc(C(N)=S)cc1Br. The molecule has 1 atom stereocenters. The minimum Gasteiger partial charge on any atom is -0.389 e. The Balaban J connectivity index is 2.79. The molecule has 0 bridgehead atoms. The number of nitrogens with one attached hydrogen (secondary N) is 1. The smallest absolute Gasteiger partial charge is 0.104 e. The van der Waals surface area contributed by atoms with E-state index in [1.54, 1.807) is 0 Å². The fourth-order valence-electron chi connectivity index (χ4n) is 1.56. The molecule has 1 unspecified atom stereocenters. The average molecular weight is 301 g/mol. The second-order valence-electron chi connectivity index (χ2n) is 3.89. The molecule has 1 aromatic rings. The molecule has 1 rings (SSSR count). The molecule has 0 spiro atoms. The number of thiocarbonyl (C=S) groups is 1. The van der Waals surface area contributed by atoms with Gasteiger partial charge in [0.2, 0.25) is 0 Å². The van der Waals surface area contributed by atoms with E-state index in [1.165, 1.54) is 6.42 Å². The lowest BCUT2D eigenvalue weighted by molar-refractivity contribution is 0.690. The van der Waals surface area contributed by atoms with E-state index in [0.717, 1.165) is 22.1 Å². The third-order valence-corrected chi connectivity index (χ3v) is 3.27. The van der Waals surface area contributed by atoms with Gasteiger partial charge in [-0.15, -0.1) is 0 Å². The summed E-state index contributed by atoms with van der Waals surface area (Å²) in [6, 6.07) is 6.36. The largest absolute Gasteiger partial charge is 0.389 e. The highest BCUT2D eigenvalue weighted by atomic mass is 79.9. The minimum absolute atomic E-state index is 0.425. The van der Waals surface area contributed by atoms with Crippen LogP contribution < -0.4 is 11.1 Å². The van der Waals surface area contributed by atoms with Gasteiger partial charge in [-0.1, -0.05) is 25.6 Å². The van der Waals surface area contributed by atoms with Crippen LogP contribution in [0.5, 0.6) is 0 Å². The van der Waals surface area contributed by atoms with Crippen molar-refractivity contribution >= 4 is 38.8 Å². The maximum Gasteiger partial charge on any atom is 0.104 e. The summed E-state index contributed by atoms with van der Waals surface area (Å²) >= 11 is 8.45. The quantitative estimate of drug-likeness (QED) is 0.815. The Morgan fingerprint density at radius 2 is 2.25 bits per heavy atom. The van der Waals surface area contributed by atoms with Crippen LogP contribution in [0.3, 0.4) is 0 Å². The first-order valence-corrected chi connectivity index (χ1v) is 6.60. The van der Waals surface area contributed by atoms with Crippen molar-refractivity contribution in [3.8, 4) is 0 Å². The molecular formula is C12H17BrN2S. The molecule has 4 heteroatoms. The molecule has 16 heavy (non-hydrogen) atoms. The van der Waals surface area contributed by atoms with Gasteiger partial charge in [-0.05, 0) is 47.5 Å². The Bertz CT molecular complexity index is 379. The van der Waals surface area contributed by atoms with Crippen LogP contribution in [0.25, 0.3) is 0 Å². The summed E-state index contributed by atoms with van der Waals surface area (Å²) in [6.07, 6.45) is 2.33. The number of hydrogen-bond acceptors (Lipinski definition) is 2. The Kier molecular flexibility index (Phi) is 5.22. The molecule has 1 aromatic carbocycles. The van der Waals surface area contributed by atoms with Crippen molar-refractivity contribution in [1.82, 2.24) is 0 Å². The van der Waals surface area contributed by atoms with Gasteiger partial charge in [0.25, 0.3) is 0 Å².